The molecule has 252 valence electrons. The Morgan fingerprint density at radius 1 is 0.830 bits per heavy atom. The fourth-order valence-corrected chi connectivity index (χ4v) is 5.85. The summed E-state index contributed by atoms with van der Waals surface area (Å²) in [5.74, 6) is -7.68. The predicted octanol–water partition coefficient (Wildman–Crippen LogP) is -2.07. The lowest BCUT2D eigenvalue weighted by Crippen LogP contribution is -2.55. The summed E-state index contributed by atoms with van der Waals surface area (Å²) in [6.45, 7) is -1.12. The molecule has 1 saturated heterocycles. The highest BCUT2D eigenvalue weighted by atomic mass is 32.2. The molecule has 18 heteroatoms. The summed E-state index contributed by atoms with van der Waals surface area (Å²) in [6, 6.07) is 7.90. The van der Waals surface area contributed by atoms with Gasteiger partial charge in [-0.15, -0.1) is 11.8 Å². The van der Waals surface area contributed by atoms with Gasteiger partial charge in [0.05, 0.1) is 19.5 Å². The summed E-state index contributed by atoms with van der Waals surface area (Å²) in [6.07, 6.45) is -0.602. The number of nitrogens with two attached hydrogens (primary N) is 2. The summed E-state index contributed by atoms with van der Waals surface area (Å²) in [5.41, 5.74) is 11.2. The monoisotopic (exact) mass is 672 g/mol. The van der Waals surface area contributed by atoms with Gasteiger partial charge in [0.1, 0.15) is 23.4 Å². The third kappa shape index (κ3) is 11.2. The van der Waals surface area contributed by atoms with Crippen LogP contribution in [-0.4, -0.2) is 101 Å². The van der Waals surface area contributed by atoms with Crippen LogP contribution in [0.25, 0.3) is 10.8 Å². The van der Waals surface area contributed by atoms with Crippen molar-refractivity contribution in [2.75, 3.05) is 25.4 Å². The molecule has 0 aromatic heterocycles. The van der Waals surface area contributed by atoms with Gasteiger partial charge in [0.15, 0.2) is 5.96 Å². The molecule has 3 rings (SSSR count). The Morgan fingerprint density at radius 3 is 2.13 bits per heavy atom. The first-order valence-electron chi connectivity index (χ1n) is 14.4. The molecule has 1 fully saturated rings. The molecule has 0 saturated carbocycles. The Morgan fingerprint density at radius 2 is 1.47 bits per heavy atom. The molecule has 47 heavy (non-hydrogen) atoms. The lowest BCUT2D eigenvalue weighted by Gasteiger charge is -2.24. The van der Waals surface area contributed by atoms with Gasteiger partial charge < -0.3 is 48.3 Å². The summed E-state index contributed by atoms with van der Waals surface area (Å²) in [5, 5.41) is 31.4. The maximum Gasteiger partial charge on any atom is 0.327 e. The van der Waals surface area contributed by atoms with Crippen molar-refractivity contribution in [2.24, 2.45) is 16.5 Å². The molecule has 0 bridgehead atoms. The lowest BCUT2D eigenvalue weighted by molar-refractivity contribution is -0.143. The van der Waals surface area contributed by atoms with Crippen LogP contribution >= 0.6 is 11.8 Å². The fraction of sp³-hybridized carbons (Fsp3) is 0.379. The molecule has 0 aliphatic carbocycles. The number of aliphatic imine (C=N–C) groups is 1. The van der Waals surface area contributed by atoms with Gasteiger partial charge in [0.25, 0.3) is 0 Å². The van der Waals surface area contributed by atoms with Crippen molar-refractivity contribution in [3.05, 3.63) is 48.0 Å². The van der Waals surface area contributed by atoms with Crippen molar-refractivity contribution in [1.82, 2.24) is 26.6 Å². The summed E-state index contributed by atoms with van der Waals surface area (Å²) < 4.78 is 0. The van der Waals surface area contributed by atoms with E-state index in [2.05, 4.69) is 31.6 Å². The third-order valence-electron chi connectivity index (χ3n) is 6.86. The zero-order chi connectivity index (χ0) is 34.5. The molecular formula is C29H36N8O9S. The van der Waals surface area contributed by atoms with Crippen molar-refractivity contribution in [3.63, 3.8) is 0 Å². The number of guanidine groups is 1. The van der Waals surface area contributed by atoms with Crippen LogP contribution in [0.3, 0.4) is 0 Å². The molecule has 0 spiro atoms. The Labute approximate surface area is 272 Å². The molecule has 1 unspecified atom stereocenters. The smallest absolute Gasteiger partial charge is 0.327 e. The molecule has 17 nitrogen and oxygen atoms in total. The van der Waals surface area contributed by atoms with E-state index in [1.165, 1.54) is 0 Å². The minimum Gasteiger partial charge on any atom is -0.481 e. The number of benzene rings is 2. The second-order valence-electron chi connectivity index (χ2n) is 10.4. The highest BCUT2D eigenvalue weighted by Crippen LogP contribution is 2.34. The number of hydrogen-bond acceptors (Lipinski definition) is 9. The van der Waals surface area contributed by atoms with E-state index in [9.17, 15) is 43.8 Å². The highest BCUT2D eigenvalue weighted by Gasteiger charge is 2.32. The number of carbonyl (C=O) groups is 7. The summed E-state index contributed by atoms with van der Waals surface area (Å²) in [4.78, 5) is 92.6. The highest BCUT2D eigenvalue weighted by molar-refractivity contribution is 8.00. The van der Waals surface area contributed by atoms with E-state index in [1.807, 2.05) is 12.1 Å². The maximum atomic E-state index is 13.6. The number of amides is 5. The summed E-state index contributed by atoms with van der Waals surface area (Å²) in [7, 11) is 0. The molecule has 5 amide bonds. The van der Waals surface area contributed by atoms with Gasteiger partial charge >= 0.3 is 11.9 Å². The van der Waals surface area contributed by atoms with E-state index in [1.54, 1.807) is 30.3 Å². The standard InChI is InChI=1S/C29H36N8O9S/c30-29(31)32-10-4-9-18-25(42)33-12-22(39)36-19(11-23(40)41)26(43)37-20(28(45)46)14-47-24(27(44)34-13-21(38)35-18)17-8-3-6-15-5-1-2-7-16(15)17/h1-3,5-8,18-20,24H,4,9-14H2,(H,33,42)(H,34,44)(H,35,38)(H,36,39)(H,37,43)(H,40,41)(H,45,46)(H4,30,31,32)/t18-,19-,20-,24?/m0/s1. The first-order chi connectivity index (χ1) is 22.3. The number of hydrogen-bond donors (Lipinski definition) is 9. The number of fused-ring (bicyclic) bond motifs is 1. The normalized spacial score (nSPS) is 21.9. The van der Waals surface area contributed by atoms with Crippen LogP contribution in [0.1, 0.15) is 30.1 Å². The second-order valence-corrected chi connectivity index (χ2v) is 11.5. The van der Waals surface area contributed by atoms with Crippen LogP contribution in [0.2, 0.25) is 0 Å². The van der Waals surface area contributed by atoms with Crippen molar-refractivity contribution in [2.45, 2.75) is 42.6 Å². The Bertz CT molecular complexity index is 1540. The number of aliphatic carboxylic acids is 2. The quantitative estimate of drug-likeness (QED) is 0.0831. The average Bonchev–Trinajstić information content (AvgIpc) is 3.02. The van der Waals surface area contributed by atoms with Crippen molar-refractivity contribution >= 4 is 70.0 Å². The van der Waals surface area contributed by atoms with Crippen molar-refractivity contribution in [3.8, 4) is 0 Å². The van der Waals surface area contributed by atoms with Gasteiger partial charge in [-0.2, -0.15) is 0 Å². The average molecular weight is 673 g/mol. The maximum absolute atomic E-state index is 13.6. The predicted molar refractivity (Wildman–Crippen MR) is 171 cm³/mol. The van der Waals surface area contributed by atoms with Crippen LogP contribution in [0.5, 0.6) is 0 Å². The zero-order valence-electron chi connectivity index (χ0n) is 25.1. The van der Waals surface area contributed by atoms with E-state index >= 15 is 0 Å². The van der Waals surface area contributed by atoms with Crippen molar-refractivity contribution in [1.29, 1.82) is 0 Å². The Kier molecular flexibility index (Phi) is 13.3. The molecule has 1 aliphatic heterocycles. The van der Waals surface area contributed by atoms with Gasteiger partial charge in [-0.25, -0.2) is 4.79 Å². The molecular weight excluding hydrogens is 636 g/mol. The van der Waals surface area contributed by atoms with Crippen LogP contribution in [0.15, 0.2) is 47.5 Å². The van der Waals surface area contributed by atoms with Crippen LogP contribution in [-0.2, 0) is 33.6 Å². The fourth-order valence-electron chi connectivity index (χ4n) is 4.62. The van der Waals surface area contributed by atoms with Gasteiger partial charge in [-0.05, 0) is 29.2 Å². The van der Waals surface area contributed by atoms with Crippen molar-refractivity contribution < 1.29 is 43.8 Å². The number of carboxylic acid groups (broad SMARTS) is 2. The molecule has 11 N–H and O–H groups in total. The molecule has 0 radical (unpaired) electrons. The topological polar surface area (TPSA) is 284 Å². The number of carbonyl (C=O) groups excluding carboxylic acids is 5. The summed E-state index contributed by atoms with van der Waals surface area (Å²) >= 11 is 0.873. The molecule has 1 aliphatic rings. The number of thioether (sulfide) groups is 1. The number of nitrogens with one attached hydrogen (secondary N) is 5. The molecule has 1 heterocycles. The van der Waals surface area contributed by atoms with Crippen LogP contribution in [0, 0.1) is 0 Å². The van der Waals surface area contributed by atoms with E-state index in [0.717, 1.165) is 17.1 Å². The van der Waals surface area contributed by atoms with E-state index in [-0.39, 0.29) is 31.1 Å². The molecule has 2 aromatic rings. The second kappa shape index (κ2) is 17.3. The lowest BCUT2D eigenvalue weighted by atomic mass is 10.0. The molecule has 2 aromatic carbocycles. The number of rotatable bonds is 8. The van der Waals surface area contributed by atoms with Crippen LogP contribution in [0.4, 0.5) is 0 Å². The zero-order valence-corrected chi connectivity index (χ0v) is 25.9. The van der Waals surface area contributed by atoms with Gasteiger partial charge in [-0.3, -0.25) is 33.8 Å². The molecule has 4 atom stereocenters. The van der Waals surface area contributed by atoms with E-state index < -0.39 is 84.4 Å². The SMILES string of the molecule is NC(N)=NCCC[C@@H]1NC(=O)CNC(=O)C(c2cccc3ccccc23)SC[C@@H](C(=O)O)NC(=O)[C@H](CC(=O)O)NC(=O)CNC1=O. The first kappa shape index (κ1) is 36.1. The minimum atomic E-state index is -1.70. The van der Waals surface area contributed by atoms with E-state index in [0.29, 0.717) is 10.9 Å². The third-order valence-corrected chi connectivity index (χ3v) is 8.19. The Hall–Kier alpha value is -5.39. The largest absolute Gasteiger partial charge is 0.481 e. The number of carboxylic acids is 2. The minimum absolute atomic E-state index is 0.0407. The van der Waals surface area contributed by atoms with Gasteiger partial charge in [0, 0.05) is 12.3 Å². The van der Waals surface area contributed by atoms with Crippen LogP contribution < -0.4 is 38.1 Å². The van der Waals surface area contributed by atoms with Gasteiger partial charge in [0.2, 0.25) is 29.5 Å². The van der Waals surface area contributed by atoms with Gasteiger partial charge in [-0.1, -0.05) is 42.5 Å². The first-order valence-corrected chi connectivity index (χ1v) is 15.4. The van der Waals surface area contributed by atoms with E-state index in [4.69, 9.17) is 11.5 Å². The Balaban J connectivity index is 1.96. The number of nitrogens with zero attached hydrogens (tertiary/aromatic N) is 1.